The second kappa shape index (κ2) is 13.2. The van der Waals surface area contributed by atoms with E-state index in [1.807, 2.05) is 65.2 Å². The molecule has 4 rings (SSSR count). The number of anilines is 1. The first-order valence-electron chi connectivity index (χ1n) is 11.7. The third kappa shape index (κ3) is 6.62. The maximum absolute atomic E-state index is 12.5. The number of amides is 1. The van der Waals surface area contributed by atoms with Gasteiger partial charge in [-0.25, -0.2) is 5.43 Å². The molecule has 38 heavy (non-hydrogen) atoms. The molecule has 0 atom stereocenters. The molecule has 3 aromatic carbocycles. The van der Waals surface area contributed by atoms with Crippen molar-refractivity contribution in [2.45, 2.75) is 11.7 Å². The van der Waals surface area contributed by atoms with Gasteiger partial charge in [0.2, 0.25) is 5.75 Å². The van der Waals surface area contributed by atoms with Gasteiger partial charge >= 0.3 is 0 Å². The zero-order valence-corrected chi connectivity index (χ0v) is 22.1. The molecule has 0 spiro atoms. The second-order valence-electron chi connectivity index (χ2n) is 7.83. The number of rotatable bonds is 12. The van der Waals surface area contributed by atoms with Gasteiger partial charge < -0.3 is 19.5 Å². The number of para-hydroxylation sites is 2. The summed E-state index contributed by atoms with van der Waals surface area (Å²) in [5, 5.41) is 16.7. The number of carbonyl (C=O) groups is 1. The normalized spacial score (nSPS) is 10.8. The van der Waals surface area contributed by atoms with Crippen molar-refractivity contribution in [2.75, 3.05) is 32.4 Å². The van der Waals surface area contributed by atoms with E-state index >= 15 is 0 Å². The SMILES string of the molecule is COc1cc(C=NNC(=O)CSc2nnc(CNc3ccccc3)n2-c2ccccc2)cc(OC)c1OC. The summed E-state index contributed by atoms with van der Waals surface area (Å²) in [5.74, 6) is 2.01. The summed E-state index contributed by atoms with van der Waals surface area (Å²) in [6.07, 6.45) is 1.51. The molecule has 10 nitrogen and oxygen atoms in total. The van der Waals surface area contributed by atoms with Gasteiger partial charge in [0, 0.05) is 16.9 Å². The standard InChI is InChI=1S/C27H28N6O4S/c1-35-22-14-19(15-23(36-2)26(22)37-3)16-29-31-25(34)18-38-27-32-30-24(17-28-20-10-6-4-7-11-20)33(27)21-12-8-5-9-13-21/h4-16,28H,17-18H2,1-3H3,(H,31,34). The van der Waals surface area contributed by atoms with Crippen LogP contribution in [0.3, 0.4) is 0 Å². The number of ether oxygens (including phenoxy) is 3. The quantitative estimate of drug-likeness (QED) is 0.159. The summed E-state index contributed by atoms with van der Waals surface area (Å²) in [6.45, 7) is 0.470. The Morgan fingerprint density at radius 1 is 0.947 bits per heavy atom. The molecule has 0 radical (unpaired) electrons. The number of nitrogens with one attached hydrogen (secondary N) is 2. The van der Waals surface area contributed by atoms with Gasteiger partial charge in [0.1, 0.15) is 0 Å². The summed E-state index contributed by atoms with van der Waals surface area (Å²) < 4.78 is 18.0. The summed E-state index contributed by atoms with van der Waals surface area (Å²) >= 11 is 1.27. The van der Waals surface area contributed by atoms with E-state index < -0.39 is 0 Å². The van der Waals surface area contributed by atoms with E-state index in [9.17, 15) is 4.79 Å². The maximum Gasteiger partial charge on any atom is 0.250 e. The van der Waals surface area contributed by atoms with Crippen molar-refractivity contribution in [3.05, 3.63) is 84.2 Å². The molecule has 0 aliphatic rings. The largest absolute Gasteiger partial charge is 0.493 e. The van der Waals surface area contributed by atoms with E-state index in [0.29, 0.717) is 34.5 Å². The smallest absolute Gasteiger partial charge is 0.250 e. The molecular formula is C27H28N6O4S. The van der Waals surface area contributed by atoms with E-state index in [0.717, 1.165) is 17.2 Å². The Labute approximate surface area is 225 Å². The van der Waals surface area contributed by atoms with Gasteiger partial charge in [-0.2, -0.15) is 5.10 Å². The van der Waals surface area contributed by atoms with Crippen LogP contribution < -0.4 is 25.0 Å². The molecule has 196 valence electrons. The molecule has 0 saturated heterocycles. The first kappa shape index (κ1) is 26.6. The van der Waals surface area contributed by atoms with Crippen LogP contribution in [0.4, 0.5) is 5.69 Å². The van der Waals surface area contributed by atoms with Gasteiger partial charge in [0.25, 0.3) is 5.91 Å². The third-order valence-corrected chi connectivity index (χ3v) is 6.29. The zero-order chi connectivity index (χ0) is 26.7. The molecule has 1 aromatic heterocycles. The van der Waals surface area contributed by atoms with Crippen molar-refractivity contribution in [3.63, 3.8) is 0 Å². The lowest BCUT2D eigenvalue weighted by atomic mass is 10.2. The number of hydrazone groups is 1. The monoisotopic (exact) mass is 532 g/mol. The van der Waals surface area contributed by atoms with Crippen LogP contribution in [0, 0.1) is 0 Å². The van der Waals surface area contributed by atoms with Crippen LogP contribution in [0.5, 0.6) is 17.2 Å². The minimum absolute atomic E-state index is 0.101. The van der Waals surface area contributed by atoms with Gasteiger partial charge in [-0.15, -0.1) is 10.2 Å². The lowest BCUT2D eigenvalue weighted by Crippen LogP contribution is -2.20. The summed E-state index contributed by atoms with van der Waals surface area (Å²) in [5.41, 5.74) is 5.11. The van der Waals surface area contributed by atoms with Crippen molar-refractivity contribution in [2.24, 2.45) is 5.10 Å². The van der Waals surface area contributed by atoms with Crippen LogP contribution in [0.15, 0.2) is 83.1 Å². The Kier molecular flexibility index (Phi) is 9.19. The fourth-order valence-corrected chi connectivity index (χ4v) is 4.36. The summed E-state index contributed by atoms with van der Waals surface area (Å²) in [7, 11) is 4.61. The highest BCUT2D eigenvalue weighted by Gasteiger charge is 2.16. The minimum atomic E-state index is -0.287. The maximum atomic E-state index is 12.5. The third-order valence-electron chi connectivity index (χ3n) is 5.36. The number of hydrogen-bond acceptors (Lipinski definition) is 9. The number of aromatic nitrogens is 3. The molecule has 1 amide bonds. The highest BCUT2D eigenvalue weighted by Crippen LogP contribution is 2.37. The van der Waals surface area contributed by atoms with Crippen LogP contribution in [0.1, 0.15) is 11.4 Å². The molecule has 1 heterocycles. The van der Waals surface area contributed by atoms with E-state index in [4.69, 9.17) is 14.2 Å². The first-order valence-corrected chi connectivity index (χ1v) is 12.6. The number of thioether (sulfide) groups is 1. The van der Waals surface area contributed by atoms with Crippen molar-refractivity contribution in [1.82, 2.24) is 20.2 Å². The number of benzene rings is 3. The number of nitrogens with zero attached hydrogens (tertiary/aromatic N) is 4. The second-order valence-corrected chi connectivity index (χ2v) is 8.77. The highest BCUT2D eigenvalue weighted by atomic mass is 32.2. The average Bonchev–Trinajstić information content (AvgIpc) is 3.38. The Morgan fingerprint density at radius 2 is 1.61 bits per heavy atom. The highest BCUT2D eigenvalue weighted by molar-refractivity contribution is 7.99. The molecule has 11 heteroatoms. The molecule has 0 saturated carbocycles. The molecule has 0 bridgehead atoms. The predicted octanol–water partition coefficient (Wildman–Crippen LogP) is 4.15. The van der Waals surface area contributed by atoms with E-state index in [-0.39, 0.29) is 11.7 Å². The van der Waals surface area contributed by atoms with Crippen LogP contribution in [-0.4, -0.2) is 54.0 Å². The lowest BCUT2D eigenvalue weighted by Gasteiger charge is -2.12. The fraction of sp³-hybridized carbons (Fsp3) is 0.185. The van der Waals surface area contributed by atoms with Gasteiger partial charge in [0.05, 0.1) is 39.8 Å². The molecular weight excluding hydrogens is 504 g/mol. The topological polar surface area (TPSA) is 112 Å². The van der Waals surface area contributed by atoms with Gasteiger partial charge in [-0.3, -0.25) is 9.36 Å². The molecule has 4 aromatic rings. The zero-order valence-electron chi connectivity index (χ0n) is 21.2. The van der Waals surface area contributed by atoms with Gasteiger partial charge in [-0.05, 0) is 36.4 Å². The van der Waals surface area contributed by atoms with Gasteiger partial charge in [0.15, 0.2) is 22.5 Å². The Hall–Kier alpha value is -4.51. The number of methoxy groups -OCH3 is 3. The van der Waals surface area contributed by atoms with E-state index in [2.05, 4.69) is 26.0 Å². The molecule has 0 unspecified atom stereocenters. The van der Waals surface area contributed by atoms with Crippen LogP contribution in [0.25, 0.3) is 5.69 Å². The Balaban J connectivity index is 1.42. The first-order chi connectivity index (χ1) is 18.6. The fourth-order valence-electron chi connectivity index (χ4n) is 3.60. The van der Waals surface area contributed by atoms with Crippen LogP contribution in [-0.2, 0) is 11.3 Å². The van der Waals surface area contributed by atoms with Crippen molar-refractivity contribution < 1.29 is 19.0 Å². The van der Waals surface area contributed by atoms with Crippen LogP contribution >= 0.6 is 11.8 Å². The summed E-state index contributed by atoms with van der Waals surface area (Å²) in [4.78, 5) is 12.5. The molecule has 2 N–H and O–H groups in total. The molecule has 0 fully saturated rings. The lowest BCUT2D eigenvalue weighted by molar-refractivity contribution is -0.118. The van der Waals surface area contributed by atoms with Gasteiger partial charge in [-0.1, -0.05) is 48.2 Å². The predicted molar refractivity (Wildman–Crippen MR) is 148 cm³/mol. The Morgan fingerprint density at radius 3 is 2.24 bits per heavy atom. The number of carbonyl (C=O) groups excluding carboxylic acids is 1. The Bertz CT molecular complexity index is 1350. The molecule has 0 aliphatic carbocycles. The van der Waals surface area contributed by atoms with E-state index in [1.165, 1.54) is 39.3 Å². The van der Waals surface area contributed by atoms with Crippen molar-refractivity contribution in [3.8, 4) is 22.9 Å². The van der Waals surface area contributed by atoms with Crippen molar-refractivity contribution >= 4 is 29.6 Å². The van der Waals surface area contributed by atoms with E-state index in [1.54, 1.807) is 12.1 Å². The number of hydrogen-bond donors (Lipinski definition) is 2. The minimum Gasteiger partial charge on any atom is -0.493 e. The molecule has 0 aliphatic heterocycles. The average molecular weight is 533 g/mol. The van der Waals surface area contributed by atoms with Crippen molar-refractivity contribution in [1.29, 1.82) is 0 Å². The van der Waals surface area contributed by atoms with Crippen LogP contribution in [0.2, 0.25) is 0 Å². The summed E-state index contributed by atoms with van der Waals surface area (Å²) in [6, 6.07) is 23.1.